The summed E-state index contributed by atoms with van der Waals surface area (Å²) in [5.74, 6) is 0.996. The second-order valence-corrected chi connectivity index (χ2v) is 5.67. The molecule has 0 bridgehead atoms. The number of ether oxygens (including phenoxy) is 1. The number of halogens is 2. The van der Waals surface area contributed by atoms with E-state index in [0.717, 1.165) is 27.8 Å². The zero-order valence-corrected chi connectivity index (χ0v) is 13.5. The van der Waals surface area contributed by atoms with Crippen molar-refractivity contribution in [2.75, 3.05) is 6.54 Å². The van der Waals surface area contributed by atoms with Gasteiger partial charge in [0.2, 0.25) is 0 Å². The fourth-order valence-corrected chi connectivity index (χ4v) is 2.34. The van der Waals surface area contributed by atoms with Crippen LogP contribution in [0.1, 0.15) is 18.9 Å². The van der Waals surface area contributed by atoms with Gasteiger partial charge in [0, 0.05) is 12.6 Å². The highest BCUT2D eigenvalue weighted by Gasteiger charge is 2.05. The van der Waals surface area contributed by atoms with Crippen LogP contribution in [0.15, 0.2) is 42.5 Å². The zero-order valence-electron chi connectivity index (χ0n) is 11.3. The van der Waals surface area contributed by atoms with Crippen LogP contribution in [0, 0.1) is 9.39 Å². The first-order valence-electron chi connectivity index (χ1n) is 6.61. The lowest BCUT2D eigenvalue weighted by molar-refractivity contribution is 0.472. The fourth-order valence-electron chi connectivity index (χ4n) is 1.85. The molecule has 0 aliphatic carbocycles. The number of rotatable bonds is 6. The van der Waals surface area contributed by atoms with E-state index in [9.17, 15) is 4.39 Å². The van der Waals surface area contributed by atoms with Gasteiger partial charge in [0.25, 0.3) is 0 Å². The smallest absolute Gasteiger partial charge is 0.140 e. The van der Waals surface area contributed by atoms with E-state index in [0.29, 0.717) is 12.3 Å². The molecule has 2 nitrogen and oxygen atoms in total. The monoisotopic (exact) mass is 385 g/mol. The molecule has 2 aromatic carbocycles. The molecule has 0 heterocycles. The first-order chi connectivity index (χ1) is 9.69. The maximum atomic E-state index is 13.6. The Bertz CT molecular complexity index is 574. The van der Waals surface area contributed by atoms with Crippen LogP contribution in [0.2, 0.25) is 0 Å². The third kappa shape index (κ3) is 4.45. The summed E-state index contributed by atoms with van der Waals surface area (Å²) in [4.78, 5) is 0. The standard InChI is InChI=1S/C16H17FINO/c1-2-7-19-11-12-8-13(17)10-14(9-12)20-16-6-4-3-5-15(16)18/h3-6,8-10,19H,2,7,11H2,1H3. The summed E-state index contributed by atoms with van der Waals surface area (Å²) in [7, 11) is 0. The summed E-state index contributed by atoms with van der Waals surface area (Å²) in [6.07, 6.45) is 1.06. The van der Waals surface area contributed by atoms with Crippen LogP contribution in [0.3, 0.4) is 0 Å². The molecule has 0 aliphatic heterocycles. The molecule has 0 amide bonds. The molecule has 1 N–H and O–H groups in total. The molecular weight excluding hydrogens is 368 g/mol. The van der Waals surface area contributed by atoms with Gasteiger partial charge in [-0.1, -0.05) is 19.1 Å². The van der Waals surface area contributed by atoms with Crippen molar-refractivity contribution in [1.29, 1.82) is 0 Å². The maximum Gasteiger partial charge on any atom is 0.140 e. The van der Waals surface area contributed by atoms with Crippen LogP contribution in [-0.2, 0) is 6.54 Å². The van der Waals surface area contributed by atoms with Gasteiger partial charge in [-0.2, -0.15) is 0 Å². The zero-order chi connectivity index (χ0) is 14.4. The average Bonchev–Trinajstić information content (AvgIpc) is 2.41. The van der Waals surface area contributed by atoms with E-state index in [4.69, 9.17) is 4.74 Å². The van der Waals surface area contributed by atoms with E-state index < -0.39 is 0 Å². The Morgan fingerprint density at radius 2 is 2.00 bits per heavy atom. The van der Waals surface area contributed by atoms with Crippen molar-refractivity contribution in [3.8, 4) is 11.5 Å². The van der Waals surface area contributed by atoms with Gasteiger partial charge >= 0.3 is 0 Å². The van der Waals surface area contributed by atoms with Crippen LogP contribution in [0.25, 0.3) is 0 Å². The third-order valence-corrected chi connectivity index (χ3v) is 3.64. The fraction of sp³-hybridized carbons (Fsp3) is 0.250. The minimum Gasteiger partial charge on any atom is -0.456 e. The van der Waals surface area contributed by atoms with Gasteiger partial charge in [-0.25, -0.2) is 4.39 Å². The summed E-state index contributed by atoms with van der Waals surface area (Å²) in [5, 5.41) is 3.26. The van der Waals surface area contributed by atoms with E-state index >= 15 is 0 Å². The molecule has 0 unspecified atom stereocenters. The highest BCUT2D eigenvalue weighted by Crippen LogP contribution is 2.27. The van der Waals surface area contributed by atoms with Crippen molar-refractivity contribution >= 4 is 22.6 Å². The van der Waals surface area contributed by atoms with Crippen LogP contribution < -0.4 is 10.1 Å². The maximum absolute atomic E-state index is 13.6. The molecule has 2 aromatic rings. The minimum absolute atomic E-state index is 0.276. The predicted octanol–water partition coefficient (Wildman–Crippen LogP) is 4.72. The molecule has 20 heavy (non-hydrogen) atoms. The van der Waals surface area contributed by atoms with Crippen molar-refractivity contribution in [3.05, 3.63) is 57.4 Å². The highest BCUT2D eigenvalue weighted by molar-refractivity contribution is 14.1. The van der Waals surface area contributed by atoms with Crippen LogP contribution in [0.5, 0.6) is 11.5 Å². The van der Waals surface area contributed by atoms with Crippen molar-refractivity contribution in [2.24, 2.45) is 0 Å². The second-order valence-electron chi connectivity index (χ2n) is 4.50. The predicted molar refractivity (Wildman–Crippen MR) is 87.6 cm³/mol. The molecule has 0 radical (unpaired) electrons. The second kappa shape index (κ2) is 7.59. The molecule has 0 fully saturated rings. The number of hydrogen-bond donors (Lipinski definition) is 1. The summed E-state index contributed by atoms with van der Waals surface area (Å²) >= 11 is 2.20. The van der Waals surface area contributed by atoms with Gasteiger partial charge in [0.05, 0.1) is 3.57 Å². The number of benzene rings is 2. The molecule has 0 spiro atoms. The van der Waals surface area contributed by atoms with E-state index in [2.05, 4.69) is 34.8 Å². The molecule has 4 heteroatoms. The van der Waals surface area contributed by atoms with Gasteiger partial charge in [0.1, 0.15) is 17.3 Å². The van der Waals surface area contributed by atoms with E-state index in [-0.39, 0.29) is 5.82 Å². The molecule has 2 rings (SSSR count). The van der Waals surface area contributed by atoms with Gasteiger partial charge in [-0.15, -0.1) is 0 Å². The van der Waals surface area contributed by atoms with Gasteiger partial charge in [-0.3, -0.25) is 0 Å². The molecule has 0 atom stereocenters. The van der Waals surface area contributed by atoms with Crippen molar-refractivity contribution in [3.63, 3.8) is 0 Å². The normalized spacial score (nSPS) is 10.6. The van der Waals surface area contributed by atoms with E-state index in [1.54, 1.807) is 0 Å². The minimum atomic E-state index is -0.276. The van der Waals surface area contributed by atoms with Crippen LogP contribution in [0.4, 0.5) is 4.39 Å². The van der Waals surface area contributed by atoms with Gasteiger partial charge in [0.15, 0.2) is 0 Å². The largest absolute Gasteiger partial charge is 0.456 e. The Hall–Kier alpha value is -1.14. The Balaban J connectivity index is 2.13. The average molecular weight is 385 g/mol. The van der Waals surface area contributed by atoms with Crippen LogP contribution in [-0.4, -0.2) is 6.54 Å². The summed E-state index contributed by atoms with van der Waals surface area (Å²) in [6.45, 7) is 3.67. The van der Waals surface area contributed by atoms with Gasteiger partial charge < -0.3 is 10.1 Å². The number of hydrogen-bond acceptors (Lipinski definition) is 2. The lowest BCUT2D eigenvalue weighted by Crippen LogP contribution is -2.13. The Morgan fingerprint density at radius 3 is 2.75 bits per heavy atom. The first-order valence-corrected chi connectivity index (χ1v) is 7.69. The topological polar surface area (TPSA) is 21.3 Å². The van der Waals surface area contributed by atoms with E-state index in [1.165, 1.54) is 12.1 Å². The SMILES string of the molecule is CCCNCc1cc(F)cc(Oc2ccccc2I)c1. The number of para-hydroxylation sites is 1. The van der Waals surface area contributed by atoms with E-state index in [1.807, 2.05) is 30.3 Å². The van der Waals surface area contributed by atoms with Crippen molar-refractivity contribution in [1.82, 2.24) is 5.32 Å². The summed E-state index contributed by atoms with van der Waals surface area (Å²) in [5.41, 5.74) is 0.888. The van der Waals surface area contributed by atoms with Gasteiger partial charge in [-0.05, 0) is 65.4 Å². The Labute approximate surface area is 132 Å². The van der Waals surface area contributed by atoms with Crippen molar-refractivity contribution < 1.29 is 9.13 Å². The molecule has 0 aliphatic rings. The highest BCUT2D eigenvalue weighted by atomic mass is 127. The molecule has 0 saturated heterocycles. The molecule has 0 aromatic heterocycles. The number of nitrogens with one attached hydrogen (secondary N) is 1. The Kier molecular flexibility index (Phi) is 5.79. The van der Waals surface area contributed by atoms with Crippen molar-refractivity contribution in [2.45, 2.75) is 19.9 Å². The third-order valence-electron chi connectivity index (χ3n) is 2.75. The lowest BCUT2D eigenvalue weighted by atomic mass is 10.2. The quantitative estimate of drug-likeness (QED) is 0.574. The summed E-state index contributed by atoms with van der Waals surface area (Å²) in [6, 6.07) is 12.5. The molecule has 0 saturated carbocycles. The summed E-state index contributed by atoms with van der Waals surface area (Å²) < 4.78 is 20.4. The molecule has 106 valence electrons. The molecular formula is C16H17FINO. The first kappa shape index (κ1) is 15.3. The Morgan fingerprint density at radius 1 is 1.20 bits per heavy atom. The van der Waals surface area contributed by atoms with Crippen LogP contribution >= 0.6 is 22.6 Å². The lowest BCUT2D eigenvalue weighted by Gasteiger charge is -2.10.